The Labute approximate surface area is 195 Å². The number of aryl methyl sites for hydroxylation is 2. The summed E-state index contributed by atoms with van der Waals surface area (Å²) in [5.41, 5.74) is 7.43. The summed E-state index contributed by atoms with van der Waals surface area (Å²) in [7, 11) is 0. The summed E-state index contributed by atoms with van der Waals surface area (Å²) in [5, 5.41) is 0. The van der Waals surface area contributed by atoms with Crippen LogP contribution in [-0.2, 0) is 0 Å². The lowest BCUT2D eigenvalue weighted by molar-refractivity contribution is 0.578. The van der Waals surface area contributed by atoms with Gasteiger partial charge in [-0.25, -0.2) is 14.4 Å². The van der Waals surface area contributed by atoms with Gasteiger partial charge in [-0.15, -0.1) is 0 Å². The summed E-state index contributed by atoms with van der Waals surface area (Å²) in [5.74, 6) is -0.458. The van der Waals surface area contributed by atoms with Gasteiger partial charge in [-0.1, -0.05) is 19.6 Å². The predicted octanol–water partition coefficient (Wildman–Crippen LogP) is 6.36. The van der Waals surface area contributed by atoms with Crippen LogP contribution in [0.5, 0.6) is 0 Å². The van der Waals surface area contributed by atoms with Crippen LogP contribution in [0.4, 0.5) is 10.1 Å². The molecule has 0 aliphatic carbocycles. The zero-order chi connectivity index (χ0) is 23.4. The molecular weight excluding hydrogens is 411 g/mol. The third kappa shape index (κ3) is 4.87. The summed E-state index contributed by atoms with van der Waals surface area (Å²) in [6.45, 7) is 12.1. The molecule has 1 unspecified atom stereocenters. The molecule has 0 N–H and O–H groups in total. The van der Waals surface area contributed by atoms with Crippen LogP contribution in [0.25, 0.3) is 0 Å². The molecule has 0 amide bonds. The fourth-order valence-corrected chi connectivity index (χ4v) is 4.69. The minimum atomic E-state index is -0.251. The van der Waals surface area contributed by atoms with E-state index in [1.807, 2.05) is 19.9 Å². The monoisotopic (exact) mass is 442 g/mol. The molecule has 0 bridgehead atoms. The Morgan fingerprint density at radius 2 is 1.88 bits per heavy atom. The van der Waals surface area contributed by atoms with E-state index in [2.05, 4.69) is 51.6 Å². The van der Waals surface area contributed by atoms with E-state index in [1.165, 1.54) is 37.3 Å². The molecule has 1 fully saturated rings. The van der Waals surface area contributed by atoms with Gasteiger partial charge in [0.25, 0.3) is 0 Å². The van der Waals surface area contributed by atoms with Gasteiger partial charge in [0, 0.05) is 48.2 Å². The van der Waals surface area contributed by atoms with Crippen molar-refractivity contribution in [1.29, 1.82) is 0 Å². The summed E-state index contributed by atoms with van der Waals surface area (Å²) in [6.07, 6.45) is 8.62. The van der Waals surface area contributed by atoms with Crippen LogP contribution in [0, 0.1) is 19.7 Å². The molecule has 33 heavy (non-hydrogen) atoms. The number of halogens is 1. The Morgan fingerprint density at radius 3 is 2.58 bits per heavy atom. The molecule has 1 atom stereocenters. The third-order valence-electron chi connectivity index (χ3n) is 6.49. The number of hydrogen-bond acceptors (Lipinski definition) is 4. The maximum atomic E-state index is 14.9. The Balaban J connectivity index is 1.72. The normalized spacial score (nSPS) is 15.4. The minimum Gasteiger partial charge on any atom is -0.372 e. The highest BCUT2D eigenvalue weighted by Crippen LogP contribution is 2.30. The SMILES string of the molecule is C=CN=C(c1ccc(F)c(C(C)c2ncncc2C)c1)c1ccc(N2CCCCC2)cc1C. The highest BCUT2D eigenvalue weighted by Gasteiger charge is 2.20. The maximum Gasteiger partial charge on any atom is 0.127 e. The van der Waals surface area contributed by atoms with Crippen molar-refractivity contribution in [1.82, 2.24) is 9.97 Å². The number of anilines is 1. The quantitative estimate of drug-likeness (QED) is 0.417. The summed E-state index contributed by atoms with van der Waals surface area (Å²) in [4.78, 5) is 15.5. The smallest absolute Gasteiger partial charge is 0.127 e. The lowest BCUT2D eigenvalue weighted by Gasteiger charge is -2.29. The Bertz CT molecular complexity index is 1180. The summed E-state index contributed by atoms with van der Waals surface area (Å²) < 4.78 is 14.9. The van der Waals surface area contributed by atoms with Gasteiger partial charge >= 0.3 is 0 Å². The van der Waals surface area contributed by atoms with Gasteiger partial charge in [-0.3, -0.25) is 4.99 Å². The van der Waals surface area contributed by atoms with Crippen molar-refractivity contribution in [3.63, 3.8) is 0 Å². The Hall–Kier alpha value is -3.34. The largest absolute Gasteiger partial charge is 0.372 e. The van der Waals surface area contributed by atoms with Gasteiger partial charge in [0.05, 0.1) is 11.4 Å². The van der Waals surface area contributed by atoms with Gasteiger partial charge in [-0.2, -0.15) is 0 Å². The van der Waals surface area contributed by atoms with E-state index in [0.29, 0.717) is 5.56 Å². The Kier molecular flexibility index (Phi) is 6.97. The predicted molar refractivity (Wildman–Crippen MR) is 134 cm³/mol. The number of rotatable bonds is 6. The first kappa shape index (κ1) is 22.8. The van der Waals surface area contributed by atoms with Crippen molar-refractivity contribution in [3.8, 4) is 0 Å². The van der Waals surface area contributed by atoms with E-state index < -0.39 is 0 Å². The zero-order valence-corrected chi connectivity index (χ0v) is 19.7. The van der Waals surface area contributed by atoms with Crippen molar-refractivity contribution in [2.75, 3.05) is 18.0 Å². The van der Waals surface area contributed by atoms with Crippen molar-refractivity contribution in [2.45, 2.75) is 46.0 Å². The third-order valence-corrected chi connectivity index (χ3v) is 6.49. The second-order valence-electron chi connectivity index (χ2n) is 8.76. The molecular formula is C28H31FN4. The van der Waals surface area contributed by atoms with Gasteiger partial charge < -0.3 is 4.90 Å². The number of aromatic nitrogens is 2. The first-order valence-corrected chi connectivity index (χ1v) is 11.6. The lowest BCUT2D eigenvalue weighted by Crippen LogP contribution is -2.29. The van der Waals surface area contributed by atoms with Crippen molar-refractivity contribution in [3.05, 3.63) is 101 Å². The van der Waals surface area contributed by atoms with Crippen LogP contribution in [0.3, 0.4) is 0 Å². The first-order valence-electron chi connectivity index (χ1n) is 11.6. The summed E-state index contributed by atoms with van der Waals surface area (Å²) >= 11 is 0. The molecule has 2 aromatic carbocycles. The minimum absolute atomic E-state index is 0.208. The van der Waals surface area contributed by atoms with Crippen LogP contribution >= 0.6 is 0 Å². The molecule has 5 heteroatoms. The molecule has 0 radical (unpaired) electrons. The van der Waals surface area contributed by atoms with E-state index in [-0.39, 0.29) is 11.7 Å². The average Bonchev–Trinajstić information content (AvgIpc) is 2.84. The fourth-order valence-electron chi connectivity index (χ4n) is 4.69. The molecule has 1 aliphatic rings. The summed E-state index contributed by atoms with van der Waals surface area (Å²) in [6, 6.07) is 11.7. The number of nitrogens with zero attached hydrogens (tertiary/aromatic N) is 4. The average molecular weight is 443 g/mol. The second-order valence-corrected chi connectivity index (χ2v) is 8.76. The second kappa shape index (κ2) is 10.1. The number of piperidine rings is 1. The topological polar surface area (TPSA) is 41.4 Å². The van der Waals surface area contributed by atoms with Crippen LogP contribution in [0.1, 0.15) is 65.6 Å². The van der Waals surface area contributed by atoms with E-state index >= 15 is 0 Å². The molecule has 4 nitrogen and oxygen atoms in total. The maximum absolute atomic E-state index is 14.9. The molecule has 2 heterocycles. The molecule has 3 aromatic rings. The highest BCUT2D eigenvalue weighted by atomic mass is 19.1. The molecule has 0 spiro atoms. The fraction of sp³-hybridized carbons (Fsp3) is 0.321. The Morgan fingerprint density at radius 1 is 1.09 bits per heavy atom. The van der Waals surface area contributed by atoms with Gasteiger partial charge in [0.15, 0.2) is 0 Å². The van der Waals surface area contributed by atoms with E-state index in [0.717, 1.165) is 46.7 Å². The van der Waals surface area contributed by atoms with Crippen LogP contribution in [0.15, 0.2) is 66.7 Å². The number of benzene rings is 2. The molecule has 0 saturated carbocycles. The van der Waals surface area contributed by atoms with Crippen LogP contribution in [-0.4, -0.2) is 28.8 Å². The number of aliphatic imine (C=N–C) groups is 1. The number of hydrogen-bond donors (Lipinski definition) is 0. The van der Waals surface area contributed by atoms with E-state index in [4.69, 9.17) is 0 Å². The highest BCUT2D eigenvalue weighted by molar-refractivity contribution is 6.14. The van der Waals surface area contributed by atoms with E-state index in [9.17, 15) is 4.39 Å². The van der Waals surface area contributed by atoms with Crippen molar-refractivity contribution in [2.24, 2.45) is 4.99 Å². The van der Waals surface area contributed by atoms with Gasteiger partial charge in [0.1, 0.15) is 12.1 Å². The van der Waals surface area contributed by atoms with Crippen LogP contribution in [0.2, 0.25) is 0 Å². The molecule has 1 saturated heterocycles. The van der Waals surface area contributed by atoms with Crippen molar-refractivity contribution < 1.29 is 4.39 Å². The molecule has 1 aromatic heterocycles. The molecule has 4 rings (SSSR count). The van der Waals surface area contributed by atoms with Crippen LogP contribution < -0.4 is 4.90 Å². The first-order chi connectivity index (χ1) is 16.0. The lowest BCUT2D eigenvalue weighted by atomic mass is 9.90. The molecule has 170 valence electrons. The van der Waals surface area contributed by atoms with Crippen molar-refractivity contribution >= 4 is 11.4 Å². The molecule has 1 aliphatic heterocycles. The van der Waals surface area contributed by atoms with Gasteiger partial charge in [0.2, 0.25) is 0 Å². The van der Waals surface area contributed by atoms with E-state index in [1.54, 1.807) is 18.5 Å². The zero-order valence-electron chi connectivity index (χ0n) is 19.7. The standard InChI is InChI=1S/C28H31FN4/c1-5-31-28(24-11-10-23(15-19(24)2)33-13-7-6-8-14-33)22-9-12-26(29)25(16-22)21(4)27-20(3)17-30-18-32-27/h5,9-12,15-18,21H,1,6-8,13-14H2,2-4H3. The van der Waals surface area contributed by atoms with Gasteiger partial charge in [-0.05, 0) is 80.1 Å².